The normalized spacial score (nSPS) is 16.2. The highest BCUT2D eigenvalue weighted by Crippen LogP contribution is 2.29. The highest BCUT2D eigenvalue weighted by molar-refractivity contribution is 8.18. The van der Waals surface area contributed by atoms with E-state index in [1.54, 1.807) is 0 Å². The van der Waals surface area contributed by atoms with E-state index in [2.05, 4.69) is 60.7 Å². The molecule has 4 nitrogen and oxygen atoms in total. The summed E-state index contributed by atoms with van der Waals surface area (Å²) in [5.74, 6) is -0.260. The van der Waals surface area contributed by atoms with Gasteiger partial charge in [-0.25, -0.2) is 0 Å². The monoisotopic (exact) mass is 325 g/mol. The first kappa shape index (κ1) is 15.6. The molecule has 0 radical (unpaired) electrons. The van der Waals surface area contributed by atoms with Gasteiger partial charge in [0, 0.05) is 17.1 Å². The summed E-state index contributed by atoms with van der Waals surface area (Å²) in [7, 11) is 0. The van der Waals surface area contributed by atoms with Crippen molar-refractivity contribution in [3.05, 3.63) is 57.8 Å². The van der Waals surface area contributed by atoms with Crippen LogP contribution >= 0.6 is 11.8 Å². The van der Waals surface area contributed by atoms with Crippen molar-refractivity contribution in [1.29, 1.82) is 0 Å². The average Bonchev–Trinajstić information content (AvgIpc) is 2.99. The van der Waals surface area contributed by atoms with Gasteiger partial charge in [-0.1, -0.05) is 19.1 Å². The number of amidine groups is 1. The minimum Gasteiger partial charge on any atom is -0.378 e. The van der Waals surface area contributed by atoms with Crippen molar-refractivity contribution in [2.45, 2.75) is 27.2 Å². The van der Waals surface area contributed by atoms with Crippen molar-refractivity contribution >= 4 is 28.9 Å². The van der Waals surface area contributed by atoms with E-state index in [1.807, 2.05) is 6.08 Å². The first-order valence-electron chi connectivity index (χ1n) is 7.56. The van der Waals surface area contributed by atoms with Gasteiger partial charge in [-0.05, 0) is 67.4 Å². The van der Waals surface area contributed by atoms with Gasteiger partial charge in [0.15, 0.2) is 5.17 Å². The third-order valence-corrected chi connectivity index (χ3v) is 4.81. The Hall–Kier alpha value is -2.27. The summed E-state index contributed by atoms with van der Waals surface area (Å²) in [4.78, 5) is 16.1. The van der Waals surface area contributed by atoms with E-state index in [0.29, 0.717) is 10.1 Å². The molecule has 0 atom stereocenters. The van der Waals surface area contributed by atoms with Crippen molar-refractivity contribution in [3.63, 3.8) is 0 Å². The van der Waals surface area contributed by atoms with Crippen molar-refractivity contribution < 1.29 is 4.79 Å². The number of aryl methyl sites for hydroxylation is 2. The van der Waals surface area contributed by atoms with Crippen LogP contribution in [0.5, 0.6) is 0 Å². The molecule has 5 heteroatoms. The molecule has 23 heavy (non-hydrogen) atoms. The molecule has 1 aliphatic rings. The maximum Gasteiger partial charge on any atom is 0.286 e. The van der Waals surface area contributed by atoms with Gasteiger partial charge >= 0.3 is 0 Å². The van der Waals surface area contributed by atoms with Gasteiger partial charge in [0.25, 0.3) is 5.91 Å². The van der Waals surface area contributed by atoms with Gasteiger partial charge in [-0.15, -0.1) is 0 Å². The summed E-state index contributed by atoms with van der Waals surface area (Å²) in [5.41, 5.74) is 11.3. The number of aliphatic imine (C=N–C) groups is 1. The standard InChI is InChI=1S/C18H19N3OS/c1-4-13-5-7-15(8-6-13)21-11(2)9-14(12(21)3)10-16-17(22)20-18(19)23-16/h5-10H,4H2,1-3H3,(H2,19,20,22)/b16-10-. The molecule has 3 rings (SSSR count). The van der Waals surface area contributed by atoms with E-state index in [-0.39, 0.29) is 5.91 Å². The topological polar surface area (TPSA) is 60.4 Å². The van der Waals surface area contributed by atoms with Crippen molar-refractivity contribution in [3.8, 4) is 5.69 Å². The van der Waals surface area contributed by atoms with Crippen LogP contribution in [0.25, 0.3) is 11.8 Å². The molecule has 0 fully saturated rings. The van der Waals surface area contributed by atoms with E-state index in [0.717, 1.165) is 29.1 Å². The molecule has 1 amide bonds. The Morgan fingerprint density at radius 2 is 1.96 bits per heavy atom. The molecule has 0 aliphatic carbocycles. The molecular formula is C18H19N3OS. The lowest BCUT2D eigenvalue weighted by molar-refractivity contribution is -0.113. The lowest BCUT2D eigenvalue weighted by Crippen LogP contribution is -2.01. The minimum atomic E-state index is -0.260. The number of carbonyl (C=O) groups excluding carboxylic acids is 1. The first-order chi connectivity index (χ1) is 11.0. The summed E-state index contributed by atoms with van der Waals surface area (Å²) in [6, 6.07) is 10.6. The third kappa shape index (κ3) is 2.97. The number of aromatic nitrogens is 1. The minimum absolute atomic E-state index is 0.260. The highest BCUT2D eigenvalue weighted by atomic mass is 32.2. The van der Waals surface area contributed by atoms with Gasteiger partial charge in [-0.2, -0.15) is 4.99 Å². The summed E-state index contributed by atoms with van der Waals surface area (Å²) < 4.78 is 2.19. The fourth-order valence-electron chi connectivity index (χ4n) is 2.78. The van der Waals surface area contributed by atoms with Crippen LogP contribution in [0.4, 0.5) is 0 Å². The quantitative estimate of drug-likeness (QED) is 0.877. The van der Waals surface area contributed by atoms with Crippen molar-refractivity contribution in [2.24, 2.45) is 10.7 Å². The lowest BCUT2D eigenvalue weighted by atomic mass is 10.1. The second-order valence-corrected chi connectivity index (χ2v) is 6.61. The maximum atomic E-state index is 11.8. The van der Waals surface area contributed by atoms with Gasteiger partial charge < -0.3 is 10.3 Å². The number of benzene rings is 1. The predicted molar refractivity (Wildman–Crippen MR) is 96.8 cm³/mol. The Balaban J connectivity index is 2.00. The van der Waals surface area contributed by atoms with Crippen LogP contribution in [0.2, 0.25) is 0 Å². The Morgan fingerprint density at radius 3 is 2.52 bits per heavy atom. The van der Waals surface area contributed by atoms with E-state index >= 15 is 0 Å². The third-order valence-electron chi connectivity index (χ3n) is 4.00. The number of thioether (sulfide) groups is 1. The molecule has 0 bridgehead atoms. The molecule has 2 aromatic rings. The molecule has 1 aromatic heterocycles. The van der Waals surface area contributed by atoms with Crippen LogP contribution in [0.15, 0.2) is 40.2 Å². The van der Waals surface area contributed by atoms with Crippen LogP contribution in [0, 0.1) is 13.8 Å². The molecule has 0 spiro atoms. The van der Waals surface area contributed by atoms with Crippen molar-refractivity contribution in [2.75, 3.05) is 0 Å². The van der Waals surface area contributed by atoms with Crippen molar-refractivity contribution in [1.82, 2.24) is 4.57 Å². The SMILES string of the molecule is CCc1ccc(-n2c(C)cc(/C=C3\SC(N)=NC3=O)c2C)cc1. The zero-order valence-corrected chi connectivity index (χ0v) is 14.3. The Kier molecular flexibility index (Phi) is 4.13. The predicted octanol–water partition coefficient (Wildman–Crippen LogP) is 3.59. The largest absolute Gasteiger partial charge is 0.378 e. The van der Waals surface area contributed by atoms with E-state index in [9.17, 15) is 4.79 Å². The Bertz CT molecular complexity index is 829. The molecule has 0 saturated heterocycles. The fourth-order valence-corrected chi connectivity index (χ4v) is 3.45. The highest BCUT2D eigenvalue weighted by Gasteiger charge is 2.20. The van der Waals surface area contributed by atoms with Crippen LogP contribution in [-0.4, -0.2) is 15.6 Å². The lowest BCUT2D eigenvalue weighted by Gasteiger charge is -2.10. The Morgan fingerprint density at radius 1 is 1.26 bits per heavy atom. The number of hydrogen-bond donors (Lipinski definition) is 1. The summed E-state index contributed by atoms with van der Waals surface area (Å²) in [6.45, 7) is 6.27. The maximum absolute atomic E-state index is 11.8. The Labute approximate surface area is 140 Å². The van der Waals surface area contributed by atoms with E-state index in [1.165, 1.54) is 17.3 Å². The fraction of sp³-hybridized carbons (Fsp3) is 0.222. The van der Waals surface area contributed by atoms with Gasteiger partial charge in [0.05, 0.1) is 4.91 Å². The summed E-state index contributed by atoms with van der Waals surface area (Å²) in [6.07, 6.45) is 2.90. The molecule has 0 unspecified atom stereocenters. The molecule has 2 N–H and O–H groups in total. The molecule has 1 aromatic carbocycles. The average molecular weight is 325 g/mol. The van der Waals surface area contributed by atoms with E-state index in [4.69, 9.17) is 5.73 Å². The molecule has 118 valence electrons. The number of carbonyl (C=O) groups is 1. The zero-order chi connectivity index (χ0) is 16.6. The molecule has 0 saturated carbocycles. The van der Waals surface area contributed by atoms with Crippen LogP contribution in [0.1, 0.15) is 29.4 Å². The number of nitrogens with two attached hydrogens (primary N) is 1. The zero-order valence-electron chi connectivity index (χ0n) is 13.5. The number of amides is 1. The van der Waals surface area contributed by atoms with Crippen LogP contribution in [-0.2, 0) is 11.2 Å². The van der Waals surface area contributed by atoms with Gasteiger partial charge in [0.1, 0.15) is 0 Å². The molecular weight excluding hydrogens is 306 g/mol. The van der Waals surface area contributed by atoms with Crippen LogP contribution < -0.4 is 5.73 Å². The van der Waals surface area contributed by atoms with E-state index < -0.39 is 0 Å². The second kappa shape index (κ2) is 6.08. The first-order valence-corrected chi connectivity index (χ1v) is 8.37. The van der Waals surface area contributed by atoms with Crippen LogP contribution in [0.3, 0.4) is 0 Å². The second-order valence-electron chi connectivity index (χ2n) is 5.55. The van der Waals surface area contributed by atoms with Gasteiger partial charge in [0.2, 0.25) is 0 Å². The number of rotatable bonds is 3. The summed E-state index contributed by atoms with van der Waals surface area (Å²) >= 11 is 1.22. The molecule has 2 heterocycles. The number of hydrogen-bond acceptors (Lipinski definition) is 3. The summed E-state index contributed by atoms with van der Waals surface area (Å²) in [5, 5.41) is 0.310. The smallest absolute Gasteiger partial charge is 0.286 e. The molecule has 1 aliphatic heterocycles. The van der Waals surface area contributed by atoms with Gasteiger partial charge in [-0.3, -0.25) is 4.79 Å². The number of nitrogens with zero attached hydrogens (tertiary/aromatic N) is 2.